The topological polar surface area (TPSA) is 91.7 Å². The first-order valence-electron chi connectivity index (χ1n) is 4.84. The number of hydrogen-bond donors (Lipinski definition) is 2. The average molecular weight is 236 g/mol. The molecule has 1 unspecified atom stereocenters. The molecule has 15 heavy (non-hydrogen) atoms. The Kier molecular flexibility index (Phi) is 3.52. The van der Waals surface area contributed by atoms with Gasteiger partial charge in [0.25, 0.3) is 0 Å². The minimum absolute atomic E-state index is 0.0936. The van der Waals surface area contributed by atoms with Crippen LogP contribution in [0.1, 0.15) is 19.8 Å². The normalized spacial score (nSPS) is 25.8. The van der Waals surface area contributed by atoms with E-state index >= 15 is 0 Å². The van der Waals surface area contributed by atoms with E-state index in [-0.39, 0.29) is 30.1 Å². The van der Waals surface area contributed by atoms with Gasteiger partial charge in [0.05, 0.1) is 29.6 Å². The number of ketones is 1. The summed E-state index contributed by atoms with van der Waals surface area (Å²) in [6.45, 7) is 0.816. The number of carbonyl (C=O) groups excluding carboxylic acids is 1. The molecule has 0 spiro atoms. The fraction of sp³-hybridized carbons (Fsp3) is 0.889. The van der Waals surface area contributed by atoms with E-state index in [1.54, 1.807) is 0 Å². The molecule has 1 fully saturated rings. The summed E-state index contributed by atoms with van der Waals surface area (Å²) in [6, 6.07) is 0. The zero-order valence-corrected chi connectivity index (χ0v) is 9.46. The van der Waals surface area contributed by atoms with Crippen molar-refractivity contribution in [2.24, 2.45) is 5.41 Å². The summed E-state index contributed by atoms with van der Waals surface area (Å²) in [7, 11) is -3.07. The van der Waals surface area contributed by atoms with E-state index in [0.29, 0.717) is 0 Å². The molecule has 6 heteroatoms. The van der Waals surface area contributed by atoms with Gasteiger partial charge in [0, 0.05) is 0 Å². The SMILES string of the molecule is CC(=O)C1(C(O)CO)CCS(=O)(=O)CC1. The molecular formula is C9H16O5S. The molecule has 1 aliphatic heterocycles. The Morgan fingerprint density at radius 2 is 1.87 bits per heavy atom. The van der Waals surface area contributed by atoms with Crippen LogP contribution in [0.15, 0.2) is 0 Å². The predicted octanol–water partition coefficient (Wildman–Crippen LogP) is -0.876. The minimum Gasteiger partial charge on any atom is -0.394 e. The van der Waals surface area contributed by atoms with Crippen LogP contribution in [-0.4, -0.2) is 48.6 Å². The summed E-state index contributed by atoms with van der Waals surface area (Å²) in [4.78, 5) is 11.5. The molecular weight excluding hydrogens is 220 g/mol. The molecule has 5 nitrogen and oxygen atoms in total. The summed E-state index contributed by atoms with van der Waals surface area (Å²) in [6.07, 6.45) is -0.954. The van der Waals surface area contributed by atoms with Crippen molar-refractivity contribution < 1.29 is 23.4 Å². The fourth-order valence-electron chi connectivity index (χ4n) is 2.00. The minimum atomic E-state index is -3.07. The smallest absolute Gasteiger partial charge is 0.150 e. The lowest BCUT2D eigenvalue weighted by Gasteiger charge is -2.37. The molecule has 0 saturated carbocycles. The van der Waals surface area contributed by atoms with Gasteiger partial charge in [0.2, 0.25) is 0 Å². The maximum Gasteiger partial charge on any atom is 0.150 e. The van der Waals surface area contributed by atoms with E-state index in [2.05, 4.69) is 0 Å². The van der Waals surface area contributed by atoms with Crippen molar-refractivity contribution in [3.63, 3.8) is 0 Å². The van der Waals surface area contributed by atoms with Crippen molar-refractivity contribution in [2.45, 2.75) is 25.9 Å². The highest BCUT2D eigenvalue weighted by molar-refractivity contribution is 7.91. The Bertz CT molecular complexity index is 332. The summed E-state index contributed by atoms with van der Waals surface area (Å²) >= 11 is 0. The first-order chi connectivity index (χ1) is 6.84. The molecule has 0 amide bonds. The van der Waals surface area contributed by atoms with Gasteiger partial charge in [-0.25, -0.2) is 8.42 Å². The molecule has 1 saturated heterocycles. The van der Waals surface area contributed by atoms with Crippen LogP contribution in [0, 0.1) is 5.41 Å². The van der Waals surface area contributed by atoms with Gasteiger partial charge in [0.1, 0.15) is 15.6 Å². The first kappa shape index (κ1) is 12.6. The van der Waals surface area contributed by atoms with Gasteiger partial charge >= 0.3 is 0 Å². The Hall–Kier alpha value is -0.460. The molecule has 0 radical (unpaired) electrons. The second-order valence-electron chi connectivity index (χ2n) is 4.06. The number of carbonyl (C=O) groups is 1. The van der Waals surface area contributed by atoms with E-state index in [1.165, 1.54) is 6.92 Å². The molecule has 1 heterocycles. The summed E-state index contributed by atoms with van der Waals surface area (Å²) in [5.74, 6) is -0.438. The van der Waals surface area contributed by atoms with Crippen LogP contribution in [0.2, 0.25) is 0 Å². The third-order valence-electron chi connectivity index (χ3n) is 3.23. The Labute approximate surface area is 89.0 Å². The zero-order chi connectivity index (χ0) is 11.7. The molecule has 1 rings (SSSR count). The van der Waals surface area contributed by atoms with Crippen molar-refractivity contribution in [2.75, 3.05) is 18.1 Å². The highest BCUT2D eigenvalue weighted by Crippen LogP contribution is 2.36. The quantitative estimate of drug-likeness (QED) is 0.664. The van der Waals surface area contributed by atoms with E-state index in [9.17, 15) is 18.3 Å². The van der Waals surface area contributed by atoms with Crippen molar-refractivity contribution in [3.8, 4) is 0 Å². The molecule has 0 bridgehead atoms. The van der Waals surface area contributed by atoms with Crippen LogP contribution >= 0.6 is 0 Å². The second kappa shape index (κ2) is 4.19. The lowest BCUT2D eigenvalue weighted by atomic mass is 9.74. The molecule has 88 valence electrons. The van der Waals surface area contributed by atoms with Gasteiger partial charge in [-0.3, -0.25) is 4.79 Å². The largest absolute Gasteiger partial charge is 0.394 e. The van der Waals surface area contributed by atoms with Crippen molar-refractivity contribution in [1.82, 2.24) is 0 Å². The second-order valence-corrected chi connectivity index (χ2v) is 6.37. The number of aliphatic hydroxyl groups excluding tert-OH is 2. The van der Waals surface area contributed by atoms with Crippen molar-refractivity contribution in [3.05, 3.63) is 0 Å². The standard InChI is InChI=1S/C9H16O5S/c1-7(11)9(8(12)6-10)2-4-15(13,14)5-3-9/h8,10,12H,2-6H2,1H3. The lowest BCUT2D eigenvalue weighted by molar-refractivity contribution is -0.136. The monoisotopic (exact) mass is 236 g/mol. The van der Waals surface area contributed by atoms with E-state index in [0.717, 1.165) is 0 Å². The van der Waals surface area contributed by atoms with E-state index in [4.69, 9.17) is 5.11 Å². The molecule has 0 aromatic heterocycles. The number of aliphatic hydroxyl groups is 2. The van der Waals surface area contributed by atoms with Crippen molar-refractivity contribution >= 4 is 15.6 Å². The lowest BCUT2D eigenvalue weighted by Crippen LogP contribution is -2.48. The summed E-state index contributed by atoms with van der Waals surface area (Å²) in [5.41, 5.74) is -1.07. The average Bonchev–Trinajstić information content (AvgIpc) is 2.17. The van der Waals surface area contributed by atoms with E-state index in [1.807, 2.05) is 0 Å². The molecule has 0 aliphatic carbocycles. The number of Topliss-reactive ketones (excluding diaryl/α,β-unsaturated/α-hetero) is 1. The van der Waals surface area contributed by atoms with Crippen LogP contribution in [-0.2, 0) is 14.6 Å². The molecule has 0 aromatic carbocycles. The Balaban J connectivity index is 2.92. The third kappa shape index (κ3) is 2.38. The van der Waals surface area contributed by atoms with Gasteiger partial charge in [-0.2, -0.15) is 0 Å². The molecule has 1 aliphatic rings. The highest BCUT2D eigenvalue weighted by Gasteiger charge is 2.46. The van der Waals surface area contributed by atoms with Crippen LogP contribution < -0.4 is 0 Å². The fourth-order valence-corrected chi connectivity index (χ4v) is 3.55. The van der Waals surface area contributed by atoms with Gasteiger partial charge < -0.3 is 10.2 Å². The molecule has 1 atom stereocenters. The van der Waals surface area contributed by atoms with Crippen LogP contribution in [0.5, 0.6) is 0 Å². The highest BCUT2D eigenvalue weighted by atomic mass is 32.2. The van der Waals surface area contributed by atoms with E-state index < -0.39 is 28.0 Å². The van der Waals surface area contributed by atoms with Crippen LogP contribution in [0.3, 0.4) is 0 Å². The predicted molar refractivity (Wildman–Crippen MR) is 54.1 cm³/mol. The van der Waals surface area contributed by atoms with Crippen LogP contribution in [0.25, 0.3) is 0 Å². The van der Waals surface area contributed by atoms with Gasteiger partial charge in [-0.15, -0.1) is 0 Å². The van der Waals surface area contributed by atoms with Gasteiger partial charge in [-0.1, -0.05) is 0 Å². The Morgan fingerprint density at radius 3 is 2.20 bits per heavy atom. The first-order valence-corrected chi connectivity index (χ1v) is 6.66. The maximum absolute atomic E-state index is 11.5. The molecule has 2 N–H and O–H groups in total. The van der Waals surface area contributed by atoms with Crippen molar-refractivity contribution in [1.29, 1.82) is 0 Å². The number of rotatable bonds is 3. The molecule has 0 aromatic rings. The summed E-state index contributed by atoms with van der Waals surface area (Å²) in [5, 5.41) is 18.5. The van der Waals surface area contributed by atoms with Crippen LogP contribution in [0.4, 0.5) is 0 Å². The number of sulfone groups is 1. The number of hydrogen-bond acceptors (Lipinski definition) is 5. The van der Waals surface area contributed by atoms with Gasteiger partial charge in [-0.05, 0) is 19.8 Å². The summed E-state index contributed by atoms with van der Waals surface area (Å²) < 4.78 is 22.4. The van der Waals surface area contributed by atoms with Gasteiger partial charge in [0.15, 0.2) is 0 Å². The third-order valence-corrected chi connectivity index (χ3v) is 4.88. The Morgan fingerprint density at radius 1 is 1.40 bits per heavy atom. The zero-order valence-electron chi connectivity index (χ0n) is 8.64. The maximum atomic E-state index is 11.5.